The van der Waals surface area contributed by atoms with Crippen LogP contribution in [0.1, 0.15) is 6.92 Å². The molecule has 0 unspecified atom stereocenters. The first-order valence-electron chi connectivity index (χ1n) is 3.37. The maximum absolute atomic E-state index is 9.20. The number of halogens is 3. The summed E-state index contributed by atoms with van der Waals surface area (Å²) in [6, 6.07) is -0.288. The average Bonchev–Trinajstić information content (AvgIpc) is 1.92. The van der Waals surface area contributed by atoms with Crippen molar-refractivity contribution in [3.8, 4) is 0 Å². The number of nitrogens with zero attached hydrogens (tertiary/aromatic N) is 1. The van der Waals surface area contributed by atoms with Crippen LogP contribution < -0.4 is 0 Å². The van der Waals surface area contributed by atoms with Crippen molar-refractivity contribution < 1.29 is 9.84 Å². The van der Waals surface area contributed by atoms with Gasteiger partial charge in [-0.15, -0.1) is 0 Å². The molecule has 0 aromatic rings. The molecule has 2 atom stereocenters. The largest absolute Gasteiger partial charge is 0.475 e. The van der Waals surface area contributed by atoms with Gasteiger partial charge < -0.3 is 9.84 Å². The molecule has 0 aliphatic carbocycles. The molecule has 0 aromatic heterocycles. The fourth-order valence-corrected chi connectivity index (χ4v) is 1.08. The zero-order chi connectivity index (χ0) is 9.35. The monoisotopic (exact) mass is 231 g/mol. The molecule has 0 radical (unpaired) electrons. The van der Waals surface area contributed by atoms with E-state index in [4.69, 9.17) is 39.5 Å². The Bertz CT molecular complexity index is 201. The molecule has 1 heterocycles. The number of ether oxygens (including phenoxy) is 1. The molecule has 0 aromatic carbocycles. The fraction of sp³-hybridized carbons (Fsp3) is 0.833. The van der Waals surface area contributed by atoms with Crippen LogP contribution in [0.4, 0.5) is 0 Å². The van der Waals surface area contributed by atoms with E-state index >= 15 is 0 Å². The SMILES string of the molecule is C[C@@H]1N=C(C(Cl)(Cl)Cl)OC[C@H]1O. The zero-order valence-electron chi connectivity index (χ0n) is 6.30. The minimum Gasteiger partial charge on any atom is -0.475 e. The lowest BCUT2D eigenvalue weighted by molar-refractivity contribution is 0.0684. The van der Waals surface area contributed by atoms with E-state index in [-0.39, 0.29) is 18.5 Å². The van der Waals surface area contributed by atoms with Crippen molar-refractivity contribution in [2.75, 3.05) is 6.61 Å². The van der Waals surface area contributed by atoms with Crippen LogP contribution in [0.3, 0.4) is 0 Å². The topological polar surface area (TPSA) is 41.8 Å². The standard InChI is InChI=1S/C6H8Cl3NO2/c1-3-4(11)2-12-5(10-3)6(7,8)9/h3-4,11H,2H2,1H3/t3-,4+/m0/s1. The van der Waals surface area contributed by atoms with Gasteiger partial charge in [-0.05, 0) is 6.92 Å². The molecule has 1 aliphatic rings. The summed E-state index contributed by atoms with van der Waals surface area (Å²) in [4.78, 5) is 3.88. The maximum Gasteiger partial charge on any atom is 0.266 e. The van der Waals surface area contributed by atoms with Gasteiger partial charge in [0, 0.05) is 0 Å². The molecule has 0 fully saturated rings. The normalized spacial score (nSPS) is 30.9. The second-order valence-electron chi connectivity index (χ2n) is 2.55. The van der Waals surface area contributed by atoms with Crippen molar-refractivity contribution in [2.45, 2.75) is 22.9 Å². The van der Waals surface area contributed by atoms with Gasteiger partial charge in [0.1, 0.15) is 12.7 Å². The number of aliphatic hydroxyl groups excluding tert-OH is 1. The van der Waals surface area contributed by atoms with Gasteiger partial charge in [-0.1, -0.05) is 34.8 Å². The highest BCUT2D eigenvalue weighted by atomic mass is 35.6. The number of hydrogen-bond acceptors (Lipinski definition) is 3. The summed E-state index contributed by atoms with van der Waals surface area (Å²) < 4.78 is 3.30. The highest BCUT2D eigenvalue weighted by Gasteiger charge is 2.34. The maximum atomic E-state index is 9.20. The van der Waals surface area contributed by atoms with Crippen molar-refractivity contribution in [1.29, 1.82) is 0 Å². The Balaban J connectivity index is 2.75. The molecule has 0 bridgehead atoms. The fourth-order valence-electron chi connectivity index (χ4n) is 0.767. The molecule has 1 rings (SSSR count). The molecule has 0 saturated carbocycles. The Labute approximate surface area is 85.3 Å². The predicted octanol–water partition coefficient (Wildman–Crippen LogP) is 1.53. The van der Waals surface area contributed by atoms with E-state index in [0.29, 0.717) is 0 Å². The van der Waals surface area contributed by atoms with Crippen LogP contribution in [0.2, 0.25) is 0 Å². The van der Waals surface area contributed by atoms with Gasteiger partial charge in [0.2, 0.25) is 5.90 Å². The van der Waals surface area contributed by atoms with Gasteiger partial charge in [-0.25, -0.2) is 4.99 Å². The van der Waals surface area contributed by atoms with Crippen molar-refractivity contribution in [3.63, 3.8) is 0 Å². The number of rotatable bonds is 0. The van der Waals surface area contributed by atoms with E-state index in [1.807, 2.05) is 0 Å². The summed E-state index contributed by atoms with van der Waals surface area (Å²) in [6.45, 7) is 1.84. The summed E-state index contributed by atoms with van der Waals surface area (Å²) in [7, 11) is 0. The third-order valence-electron chi connectivity index (χ3n) is 1.51. The quantitative estimate of drug-likeness (QED) is 0.644. The molecule has 3 nitrogen and oxygen atoms in total. The molecule has 0 amide bonds. The first-order chi connectivity index (χ1) is 5.41. The van der Waals surface area contributed by atoms with Crippen molar-refractivity contribution in [1.82, 2.24) is 0 Å². The molecular formula is C6H8Cl3NO2. The Morgan fingerprint density at radius 3 is 2.58 bits per heavy atom. The summed E-state index contributed by atoms with van der Waals surface area (Å²) in [6.07, 6.45) is -0.624. The Hall–Kier alpha value is 0.300. The lowest BCUT2D eigenvalue weighted by Gasteiger charge is -2.26. The third-order valence-corrected chi connectivity index (χ3v) is 2.00. The summed E-state index contributed by atoms with van der Waals surface area (Å²) in [5.41, 5.74) is 0. The van der Waals surface area contributed by atoms with Crippen molar-refractivity contribution >= 4 is 40.7 Å². The van der Waals surface area contributed by atoms with E-state index in [0.717, 1.165) is 0 Å². The Morgan fingerprint density at radius 1 is 1.58 bits per heavy atom. The second kappa shape index (κ2) is 3.58. The summed E-state index contributed by atoms with van der Waals surface area (Å²) in [5.74, 6) is 0.0466. The Morgan fingerprint density at radius 2 is 2.17 bits per heavy atom. The van der Waals surface area contributed by atoms with Crippen LogP contribution in [-0.4, -0.2) is 33.5 Å². The number of alkyl halides is 3. The van der Waals surface area contributed by atoms with Gasteiger partial charge >= 0.3 is 0 Å². The first-order valence-corrected chi connectivity index (χ1v) is 4.50. The molecule has 1 N–H and O–H groups in total. The van der Waals surface area contributed by atoms with Crippen LogP contribution in [0, 0.1) is 0 Å². The van der Waals surface area contributed by atoms with E-state index in [1.54, 1.807) is 6.92 Å². The van der Waals surface area contributed by atoms with Gasteiger partial charge in [-0.3, -0.25) is 0 Å². The van der Waals surface area contributed by atoms with E-state index < -0.39 is 9.90 Å². The molecule has 1 aliphatic heterocycles. The zero-order valence-corrected chi connectivity index (χ0v) is 8.57. The van der Waals surface area contributed by atoms with Crippen molar-refractivity contribution in [3.05, 3.63) is 0 Å². The van der Waals surface area contributed by atoms with Crippen LogP contribution in [0.5, 0.6) is 0 Å². The van der Waals surface area contributed by atoms with Gasteiger partial charge in [-0.2, -0.15) is 0 Å². The van der Waals surface area contributed by atoms with Crippen LogP contribution >= 0.6 is 34.8 Å². The van der Waals surface area contributed by atoms with E-state index in [2.05, 4.69) is 4.99 Å². The molecule has 12 heavy (non-hydrogen) atoms. The van der Waals surface area contributed by atoms with Crippen LogP contribution in [0.25, 0.3) is 0 Å². The molecule has 6 heteroatoms. The van der Waals surface area contributed by atoms with E-state index in [9.17, 15) is 5.11 Å². The average molecular weight is 232 g/mol. The number of hydrogen-bond donors (Lipinski definition) is 1. The van der Waals surface area contributed by atoms with Gasteiger partial charge in [0.15, 0.2) is 0 Å². The lowest BCUT2D eigenvalue weighted by atomic mass is 10.2. The van der Waals surface area contributed by atoms with Crippen LogP contribution in [-0.2, 0) is 4.74 Å². The lowest BCUT2D eigenvalue weighted by Crippen LogP contribution is -2.38. The highest BCUT2D eigenvalue weighted by Crippen LogP contribution is 2.30. The Kier molecular flexibility index (Phi) is 3.10. The molecule has 70 valence electrons. The molecular weight excluding hydrogens is 224 g/mol. The number of aliphatic hydroxyl groups is 1. The number of aliphatic imine (C=N–C) groups is 1. The van der Waals surface area contributed by atoms with Gasteiger partial charge in [0.05, 0.1) is 6.04 Å². The van der Waals surface area contributed by atoms with Crippen molar-refractivity contribution in [2.24, 2.45) is 4.99 Å². The van der Waals surface area contributed by atoms with Gasteiger partial charge in [0.25, 0.3) is 3.79 Å². The second-order valence-corrected chi connectivity index (χ2v) is 4.83. The van der Waals surface area contributed by atoms with E-state index in [1.165, 1.54) is 0 Å². The summed E-state index contributed by atoms with van der Waals surface area (Å²) >= 11 is 16.6. The van der Waals surface area contributed by atoms with Crippen LogP contribution in [0.15, 0.2) is 4.99 Å². The highest BCUT2D eigenvalue weighted by molar-refractivity contribution is 6.76. The predicted molar refractivity (Wildman–Crippen MR) is 49.1 cm³/mol. The first kappa shape index (κ1) is 10.4. The smallest absolute Gasteiger partial charge is 0.266 e. The third kappa shape index (κ3) is 2.39. The molecule has 0 spiro atoms. The molecule has 0 saturated heterocycles. The summed E-state index contributed by atoms with van der Waals surface area (Å²) in [5, 5.41) is 9.20. The minimum atomic E-state index is -1.63. The minimum absolute atomic E-state index is 0.0466.